The second-order valence-corrected chi connectivity index (χ2v) is 7.96. The van der Waals surface area contributed by atoms with Gasteiger partial charge in [0, 0.05) is 17.9 Å². The van der Waals surface area contributed by atoms with Crippen LogP contribution in [0, 0.1) is 5.92 Å². The molecule has 7 heteroatoms. The highest BCUT2D eigenvalue weighted by molar-refractivity contribution is 7.98. The standard InChI is InChI=1S/C22H25N3O3S/c1-15(2)13-25-20(17-9-11-19(27-3)12-10-17)23-24-22(25)29-14-16-5-7-18(8-6-16)21(26)28-4/h5-12,15H,13-14H2,1-4H3. The Labute approximate surface area is 175 Å². The average molecular weight is 412 g/mol. The van der Waals surface area contributed by atoms with Gasteiger partial charge in [0.05, 0.1) is 19.8 Å². The van der Waals surface area contributed by atoms with Gasteiger partial charge in [0.15, 0.2) is 11.0 Å². The van der Waals surface area contributed by atoms with E-state index < -0.39 is 0 Å². The molecule has 152 valence electrons. The predicted molar refractivity (Wildman–Crippen MR) is 114 cm³/mol. The number of rotatable bonds is 8. The molecular formula is C22H25N3O3S. The van der Waals surface area contributed by atoms with Crippen molar-refractivity contribution in [3.63, 3.8) is 0 Å². The Balaban J connectivity index is 1.79. The van der Waals surface area contributed by atoms with Crippen molar-refractivity contribution >= 4 is 17.7 Å². The summed E-state index contributed by atoms with van der Waals surface area (Å²) in [5, 5.41) is 9.76. The lowest BCUT2D eigenvalue weighted by molar-refractivity contribution is 0.0600. The third-order valence-electron chi connectivity index (χ3n) is 4.36. The molecule has 0 saturated carbocycles. The average Bonchev–Trinajstić information content (AvgIpc) is 3.13. The second kappa shape index (κ2) is 9.60. The molecule has 0 fully saturated rings. The van der Waals surface area contributed by atoms with E-state index in [0.717, 1.165) is 40.2 Å². The summed E-state index contributed by atoms with van der Waals surface area (Å²) >= 11 is 1.63. The molecule has 0 aliphatic rings. The first-order valence-corrected chi connectivity index (χ1v) is 10.4. The molecule has 0 radical (unpaired) electrons. The molecule has 0 amide bonds. The minimum Gasteiger partial charge on any atom is -0.497 e. The van der Waals surface area contributed by atoms with Crippen LogP contribution in [0.2, 0.25) is 0 Å². The van der Waals surface area contributed by atoms with Gasteiger partial charge >= 0.3 is 5.97 Å². The van der Waals surface area contributed by atoms with E-state index in [1.54, 1.807) is 31.0 Å². The Hall–Kier alpha value is -2.80. The molecule has 0 aliphatic carbocycles. The van der Waals surface area contributed by atoms with Gasteiger partial charge in [-0.05, 0) is 47.9 Å². The number of carbonyl (C=O) groups is 1. The highest BCUT2D eigenvalue weighted by Crippen LogP contribution is 2.28. The highest BCUT2D eigenvalue weighted by atomic mass is 32.2. The van der Waals surface area contributed by atoms with Crippen LogP contribution >= 0.6 is 11.8 Å². The summed E-state index contributed by atoms with van der Waals surface area (Å²) in [6.07, 6.45) is 0. The number of hydrogen-bond donors (Lipinski definition) is 0. The van der Waals surface area contributed by atoms with Crippen molar-refractivity contribution in [2.24, 2.45) is 5.92 Å². The van der Waals surface area contributed by atoms with Crippen LogP contribution in [0.4, 0.5) is 0 Å². The summed E-state index contributed by atoms with van der Waals surface area (Å²) in [6.45, 7) is 5.19. The van der Waals surface area contributed by atoms with Crippen molar-refractivity contribution < 1.29 is 14.3 Å². The summed E-state index contributed by atoms with van der Waals surface area (Å²) in [5.41, 5.74) is 2.66. The summed E-state index contributed by atoms with van der Waals surface area (Å²) in [4.78, 5) is 11.6. The van der Waals surface area contributed by atoms with Crippen LogP contribution in [0.25, 0.3) is 11.4 Å². The van der Waals surface area contributed by atoms with Gasteiger partial charge in [-0.1, -0.05) is 37.7 Å². The van der Waals surface area contributed by atoms with E-state index >= 15 is 0 Å². The second-order valence-electron chi connectivity index (χ2n) is 7.02. The van der Waals surface area contributed by atoms with Gasteiger partial charge in [-0.3, -0.25) is 0 Å². The normalized spacial score (nSPS) is 10.9. The minimum atomic E-state index is -0.329. The minimum absolute atomic E-state index is 0.329. The lowest BCUT2D eigenvalue weighted by Crippen LogP contribution is -2.08. The Morgan fingerprint density at radius 1 is 1.03 bits per heavy atom. The van der Waals surface area contributed by atoms with Gasteiger partial charge in [-0.15, -0.1) is 10.2 Å². The Morgan fingerprint density at radius 3 is 2.31 bits per heavy atom. The van der Waals surface area contributed by atoms with Crippen LogP contribution in [-0.4, -0.2) is 35.0 Å². The first-order chi connectivity index (χ1) is 14.0. The summed E-state index contributed by atoms with van der Waals surface area (Å²) in [7, 11) is 3.04. The van der Waals surface area contributed by atoms with E-state index in [9.17, 15) is 4.79 Å². The Bertz CT molecular complexity index is 950. The number of hydrogen-bond acceptors (Lipinski definition) is 6. The van der Waals surface area contributed by atoms with E-state index in [0.29, 0.717) is 11.5 Å². The zero-order valence-corrected chi connectivity index (χ0v) is 17.9. The van der Waals surface area contributed by atoms with E-state index in [-0.39, 0.29) is 5.97 Å². The van der Waals surface area contributed by atoms with E-state index in [2.05, 4.69) is 28.6 Å². The van der Waals surface area contributed by atoms with Crippen molar-refractivity contribution in [2.75, 3.05) is 14.2 Å². The molecule has 3 aromatic rings. The third kappa shape index (κ3) is 5.17. The maximum absolute atomic E-state index is 11.6. The summed E-state index contributed by atoms with van der Waals surface area (Å²) in [5.74, 6) is 2.53. The number of aromatic nitrogens is 3. The maximum atomic E-state index is 11.6. The number of methoxy groups -OCH3 is 2. The Kier molecular flexibility index (Phi) is 6.93. The number of thioether (sulfide) groups is 1. The Morgan fingerprint density at radius 2 is 1.72 bits per heavy atom. The van der Waals surface area contributed by atoms with Crippen molar-refractivity contribution in [1.29, 1.82) is 0 Å². The van der Waals surface area contributed by atoms with Crippen LogP contribution < -0.4 is 4.74 Å². The van der Waals surface area contributed by atoms with Gasteiger partial charge in [-0.2, -0.15) is 0 Å². The van der Waals surface area contributed by atoms with Gasteiger partial charge in [0.2, 0.25) is 0 Å². The molecule has 0 unspecified atom stereocenters. The van der Waals surface area contributed by atoms with Gasteiger partial charge in [-0.25, -0.2) is 4.79 Å². The zero-order valence-electron chi connectivity index (χ0n) is 17.1. The molecule has 0 saturated heterocycles. The number of ether oxygens (including phenoxy) is 2. The zero-order chi connectivity index (χ0) is 20.8. The van der Waals surface area contributed by atoms with Gasteiger partial charge in [0.1, 0.15) is 5.75 Å². The van der Waals surface area contributed by atoms with Crippen LogP contribution in [-0.2, 0) is 17.0 Å². The van der Waals surface area contributed by atoms with Crippen LogP contribution in [0.5, 0.6) is 5.75 Å². The van der Waals surface area contributed by atoms with Gasteiger partial charge in [0.25, 0.3) is 0 Å². The molecule has 6 nitrogen and oxygen atoms in total. The first-order valence-electron chi connectivity index (χ1n) is 9.39. The van der Waals surface area contributed by atoms with Crippen LogP contribution in [0.3, 0.4) is 0 Å². The maximum Gasteiger partial charge on any atom is 0.337 e. The highest BCUT2D eigenvalue weighted by Gasteiger charge is 2.16. The summed E-state index contributed by atoms with van der Waals surface area (Å²) < 4.78 is 12.2. The molecule has 1 heterocycles. The van der Waals surface area contributed by atoms with Crippen molar-refractivity contribution in [2.45, 2.75) is 31.3 Å². The molecule has 3 rings (SSSR count). The molecule has 0 atom stereocenters. The molecule has 1 aromatic heterocycles. The molecule has 0 N–H and O–H groups in total. The topological polar surface area (TPSA) is 66.2 Å². The van der Waals surface area contributed by atoms with E-state index in [1.165, 1.54) is 7.11 Å². The van der Waals surface area contributed by atoms with Crippen molar-refractivity contribution in [3.05, 3.63) is 59.7 Å². The molecule has 0 spiro atoms. The van der Waals surface area contributed by atoms with Crippen LogP contribution in [0.15, 0.2) is 53.7 Å². The van der Waals surface area contributed by atoms with Crippen molar-refractivity contribution in [1.82, 2.24) is 14.8 Å². The predicted octanol–water partition coefficient (Wildman–Crippen LogP) is 4.69. The number of carbonyl (C=O) groups excluding carboxylic acids is 1. The number of nitrogens with zero attached hydrogens (tertiary/aromatic N) is 3. The molecule has 29 heavy (non-hydrogen) atoms. The fourth-order valence-electron chi connectivity index (χ4n) is 2.88. The largest absolute Gasteiger partial charge is 0.497 e. The fourth-order valence-corrected chi connectivity index (χ4v) is 3.79. The van der Waals surface area contributed by atoms with Crippen LogP contribution in [0.1, 0.15) is 29.8 Å². The third-order valence-corrected chi connectivity index (χ3v) is 5.39. The molecular weight excluding hydrogens is 386 g/mol. The first kappa shape index (κ1) is 20.9. The lowest BCUT2D eigenvalue weighted by atomic mass is 10.1. The summed E-state index contributed by atoms with van der Waals surface area (Å²) in [6, 6.07) is 15.3. The van der Waals surface area contributed by atoms with E-state index in [4.69, 9.17) is 9.47 Å². The number of esters is 1. The SMILES string of the molecule is COC(=O)c1ccc(CSc2nnc(-c3ccc(OC)cc3)n2CC(C)C)cc1. The van der Waals surface area contributed by atoms with Gasteiger partial charge < -0.3 is 14.0 Å². The number of benzene rings is 2. The van der Waals surface area contributed by atoms with E-state index in [1.807, 2.05) is 36.4 Å². The lowest BCUT2D eigenvalue weighted by Gasteiger charge is -2.13. The molecule has 2 aromatic carbocycles. The smallest absolute Gasteiger partial charge is 0.337 e. The molecule has 0 aliphatic heterocycles. The van der Waals surface area contributed by atoms with Crippen molar-refractivity contribution in [3.8, 4) is 17.1 Å². The monoisotopic (exact) mass is 411 g/mol. The fraction of sp³-hybridized carbons (Fsp3) is 0.318. The molecule has 0 bridgehead atoms. The quantitative estimate of drug-likeness (QED) is 0.396.